The fourth-order valence-electron chi connectivity index (χ4n) is 8.59. The lowest BCUT2D eigenvalue weighted by Gasteiger charge is -2.32. The van der Waals surface area contributed by atoms with Crippen LogP contribution >= 0.6 is 11.3 Å². The van der Waals surface area contributed by atoms with Crippen molar-refractivity contribution in [1.29, 1.82) is 0 Å². The number of benzene rings is 8. The van der Waals surface area contributed by atoms with E-state index in [1.807, 2.05) is 11.3 Å². The molecule has 2 heteroatoms. The first-order chi connectivity index (χ1) is 25.1. The van der Waals surface area contributed by atoms with Crippen molar-refractivity contribution < 1.29 is 0 Å². The average Bonchev–Trinajstić information content (AvgIpc) is 3.68. The van der Waals surface area contributed by atoms with Crippen molar-refractivity contribution in [3.63, 3.8) is 0 Å². The van der Waals surface area contributed by atoms with Crippen molar-refractivity contribution in [1.82, 2.24) is 0 Å². The molecule has 0 fully saturated rings. The molecule has 0 spiro atoms. The third-order valence-corrected chi connectivity index (χ3v) is 12.0. The molecule has 0 radical (unpaired) electrons. The van der Waals surface area contributed by atoms with E-state index >= 15 is 0 Å². The predicted molar refractivity (Wildman–Crippen MR) is 220 cm³/mol. The maximum Gasteiger partial charge on any atom is 0.0624 e. The van der Waals surface area contributed by atoms with Crippen LogP contribution in [0.3, 0.4) is 0 Å². The zero-order chi connectivity index (χ0) is 34.1. The van der Waals surface area contributed by atoms with E-state index in [0.717, 1.165) is 11.4 Å². The van der Waals surface area contributed by atoms with Gasteiger partial charge in [0.05, 0.1) is 5.69 Å². The minimum Gasteiger partial charge on any atom is -0.309 e. The van der Waals surface area contributed by atoms with Crippen molar-refractivity contribution in [3.05, 3.63) is 187 Å². The Morgan fingerprint density at radius 2 is 0.980 bits per heavy atom. The van der Waals surface area contributed by atoms with Crippen LogP contribution in [0.4, 0.5) is 17.1 Å². The van der Waals surface area contributed by atoms with E-state index in [0.29, 0.717) is 0 Å². The quantitative estimate of drug-likeness (QED) is 0.176. The molecule has 0 saturated carbocycles. The molecule has 1 aliphatic rings. The van der Waals surface area contributed by atoms with Gasteiger partial charge in [-0.15, -0.1) is 11.3 Å². The number of anilines is 3. The molecule has 0 N–H and O–H groups in total. The van der Waals surface area contributed by atoms with Gasteiger partial charge in [0.15, 0.2) is 0 Å². The lowest BCUT2D eigenvalue weighted by molar-refractivity contribution is 0.666. The van der Waals surface area contributed by atoms with Gasteiger partial charge in [0, 0.05) is 47.9 Å². The van der Waals surface area contributed by atoms with E-state index in [2.05, 4.69) is 195 Å². The van der Waals surface area contributed by atoms with Crippen molar-refractivity contribution >= 4 is 59.3 Å². The van der Waals surface area contributed by atoms with Gasteiger partial charge in [-0.2, -0.15) is 0 Å². The molecular formula is C49H35NS. The van der Waals surface area contributed by atoms with E-state index in [9.17, 15) is 0 Å². The Bertz CT molecular complexity index is 2720. The standard InChI is InChI=1S/C49H35NS/c1-49(2)42-26-13-11-23-41(42)45-44(33-30-28-32(29-31-33)36-24-15-25-40-37-20-12-14-27-43(37)51-48(36)40)47(39-22-10-9-21-38(39)46(45)49)50(34-16-5-3-6-17-34)35-18-7-4-8-19-35/h3-31H,1-2H3. The Morgan fingerprint density at radius 3 is 1.71 bits per heavy atom. The van der Waals surface area contributed by atoms with Crippen LogP contribution in [0.1, 0.15) is 25.0 Å². The summed E-state index contributed by atoms with van der Waals surface area (Å²) in [6.07, 6.45) is 0. The predicted octanol–water partition coefficient (Wildman–Crippen LogP) is 14.3. The van der Waals surface area contributed by atoms with Crippen molar-refractivity contribution in [3.8, 4) is 33.4 Å². The Labute approximate surface area is 302 Å². The number of hydrogen-bond acceptors (Lipinski definition) is 2. The number of fused-ring (bicyclic) bond motifs is 8. The van der Waals surface area contributed by atoms with Gasteiger partial charge >= 0.3 is 0 Å². The van der Waals surface area contributed by atoms with Crippen LogP contribution in [0.15, 0.2) is 176 Å². The summed E-state index contributed by atoms with van der Waals surface area (Å²) in [7, 11) is 0. The number of hydrogen-bond donors (Lipinski definition) is 0. The zero-order valence-corrected chi connectivity index (χ0v) is 29.4. The summed E-state index contributed by atoms with van der Waals surface area (Å²) in [5, 5.41) is 5.21. The molecule has 0 aliphatic heterocycles. The Morgan fingerprint density at radius 1 is 0.431 bits per heavy atom. The summed E-state index contributed by atoms with van der Waals surface area (Å²) in [6, 6.07) is 64.7. The second kappa shape index (κ2) is 11.6. The third kappa shape index (κ3) is 4.53. The molecule has 1 nitrogen and oxygen atoms in total. The first-order valence-electron chi connectivity index (χ1n) is 17.7. The average molecular weight is 670 g/mol. The maximum absolute atomic E-state index is 2.47. The number of nitrogens with zero attached hydrogens (tertiary/aromatic N) is 1. The lowest BCUT2D eigenvalue weighted by atomic mass is 9.78. The summed E-state index contributed by atoms with van der Waals surface area (Å²) in [5.74, 6) is 0. The highest BCUT2D eigenvalue weighted by Gasteiger charge is 2.40. The minimum atomic E-state index is -0.167. The maximum atomic E-state index is 2.47. The van der Waals surface area contributed by atoms with Gasteiger partial charge in [0.25, 0.3) is 0 Å². The highest BCUT2D eigenvalue weighted by Crippen LogP contribution is 2.59. The van der Waals surface area contributed by atoms with Crippen LogP contribution in [0, 0.1) is 0 Å². The van der Waals surface area contributed by atoms with Crippen LogP contribution in [-0.4, -0.2) is 0 Å². The first kappa shape index (κ1) is 29.9. The molecular weight excluding hydrogens is 635 g/mol. The zero-order valence-electron chi connectivity index (χ0n) is 28.6. The van der Waals surface area contributed by atoms with Crippen LogP contribution in [-0.2, 0) is 5.41 Å². The summed E-state index contributed by atoms with van der Waals surface area (Å²) in [5.41, 5.74) is 13.7. The molecule has 0 amide bonds. The molecule has 51 heavy (non-hydrogen) atoms. The molecule has 8 aromatic carbocycles. The van der Waals surface area contributed by atoms with Gasteiger partial charge in [-0.3, -0.25) is 0 Å². The minimum absolute atomic E-state index is 0.167. The first-order valence-corrected chi connectivity index (χ1v) is 18.5. The topological polar surface area (TPSA) is 3.24 Å². The molecule has 1 heterocycles. The largest absolute Gasteiger partial charge is 0.309 e. The molecule has 0 bridgehead atoms. The van der Waals surface area contributed by atoms with E-state index in [1.165, 1.54) is 81.1 Å². The van der Waals surface area contributed by atoms with Crippen LogP contribution in [0.5, 0.6) is 0 Å². The molecule has 242 valence electrons. The highest BCUT2D eigenvalue weighted by atomic mass is 32.1. The lowest BCUT2D eigenvalue weighted by Crippen LogP contribution is -2.17. The summed E-state index contributed by atoms with van der Waals surface area (Å²) < 4.78 is 2.67. The summed E-state index contributed by atoms with van der Waals surface area (Å²) in [6.45, 7) is 4.79. The molecule has 1 aromatic heterocycles. The van der Waals surface area contributed by atoms with Gasteiger partial charge in [0.2, 0.25) is 0 Å². The normalized spacial score (nSPS) is 13.1. The molecule has 0 saturated heterocycles. The van der Waals surface area contributed by atoms with E-state index in [1.54, 1.807) is 0 Å². The van der Waals surface area contributed by atoms with Crippen molar-refractivity contribution in [2.45, 2.75) is 19.3 Å². The van der Waals surface area contributed by atoms with Gasteiger partial charge < -0.3 is 4.90 Å². The van der Waals surface area contributed by atoms with E-state index in [4.69, 9.17) is 0 Å². The van der Waals surface area contributed by atoms with E-state index in [-0.39, 0.29) is 5.41 Å². The number of rotatable bonds is 5. The second-order valence-electron chi connectivity index (χ2n) is 14.1. The monoisotopic (exact) mass is 669 g/mol. The van der Waals surface area contributed by atoms with Gasteiger partial charge in [-0.25, -0.2) is 0 Å². The number of thiophene rings is 1. The molecule has 10 rings (SSSR count). The molecule has 0 unspecified atom stereocenters. The Kier molecular flexibility index (Phi) is 6.78. The highest BCUT2D eigenvalue weighted by molar-refractivity contribution is 7.26. The van der Waals surface area contributed by atoms with Crippen LogP contribution < -0.4 is 4.90 Å². The van der Waals surface area contributed by atoms with Gasteiger partial charge in [-0.05, 0) is 74.7 Å². The fourth-order valence-corrected chi connectivity index (χ4v) is 9.82. The number of para-hydroxylation sites is 2. The van der Waals surface area contributed by atoms with Crippen molar-refractivity contribution in [2.24, 2.45) is 0 Å². The van der Waals surface area contributed by atoms with Crippen molar-refractivity contribution in [2.75, 3.05) is 4.90 Å². The van der Waals surface area contributed by atoms with Gasteiger partial charge in [0.1, 0.15) is 0 Å². The molecule has 1 aliphatic carbocycles. The van der Waals surface area contributed by atoms with Gasteiger partial charge in [-0.1, -0.05) is 159 Å². The Balaban J connectivity index is 1.29. The SMILES string of the molecule is CC1(C)c2ccccc2-c2c(-c3ccc(-c4cccc5c4sc4ccccc45)cc3)c(N(c3ccccc3)c3ccccc3)c3ccccc3c21. The van der Waals surface area contributed by atoms with Crippen LogP contribution in [0.25, 0.3) is 64.3 Å². The molecule has 9 aromatic rings. The Hall–Kier alpha value is -5.96. The smallest absolute Gasteiger partial charge is 0.0624 e. The second-order valence-corrected chi connectivity index (χ2v) is 15.1. The van der Waals surface area contributed by atoms with Crippen LogP contribution in [0.2, 0.25) is 0 Å². The third-order valence-electron chi connectivity index (χ3n) is 10.8. The summed E-state index contributed by atoms with van der Waals surface area (Å²) in [4.78, 5) is 2.47. The summed E-state index contributed by atoms with van der Waals surface area (Å²) >= 11 is 1.89. The van der Waals surface area contributed by atoms with E-state index < -0.39 is 0 Å². The fraction of sp³-hybridized carbons (Fsp3) is 0.0612. The molecule has 0 atom stereocenters.